The molecule has 0 unspecified atom stereocenters. The molecular weight excluding hydrogens is 239 g/mol. The van der Waals surface area contributed by atoms with Crippen LogP contribution in [0.5, 0.6) is 0 Å². The van der Waals surface area contributed by atoms with E-state index in [0.29, 0.717) is 12.1 Å². The normalized spacial score (nSPS) is 10.5. The molecule has 0 saturated carbocycles. The zero-order valence-corrected chi connectivity index (χ0v) is 10.2. The van der Waals surface area contributed by atoms with Crippen molar-refractivity contribution >= 4 is 10.9 Å². The zero-order valence-electron chi connectivity index (χ0n) is 10.2. The summed E-state index contributed by atoms with van der Waals surface area (Å²) in [6.45, 7) is 0.593. The first-order valence-corrected chi connectivity index (χ1v) is 6.00. The lowest BCUT2D eigenvalue weighted by Gasteiger charge is -2.06. The summed E-state index contributed by atoms with van der Waals surface area (Å²) in [5.41, 5.74) is 2.55. The molecule has 0 aliphatic heterocycles. The summed E-state index contributed by atoms with van der Waals surface area (Å²) in [5.74, 6) is -0.230. The van der Waals surface area contributed by atoms with E-state index >= 15 is 0 Å². The van der Waals surface area contributed by atoms with E-state index in [9.17, 15) is 4.39 Å². The predicted octanol–water partition coefficient (Wildman–Crippen LogP) is 3.70. The van der Waals surface area contributed by atoms with Gasteiger partial charge in [-0.1, -0.05) is 18.2 Å². The van der Waals surface area contributed by atoms with Crippen LogP contribution in [0.3, 0.4) is 0 Å². The quantitative estimate of drug-likeness (QED) is 0.681. The number of benzene rings is 2. The second kappa shape index (κ2) is 4.58. The minimum absolute atomic E-state index is 0.230. The Morgan fingerprint density at radius 3 is 2.74 bits per heavy atom. The molecule has 0 amide bonds. The summed E-state index contributed by atoms with van der Waals surface area (Å²) >= 11 is 0. The lowest BCUT2D eigenvalue weighted by Crippen LogP contribution is -1.98. The molecule has 2 nitrogen and oxygen atoms in total. The second-order valence-corrected chi connectivity index (χ2v) is 4.42. The van der Waals surface area contributed by atoms with Gasteiger partial charge in [-0.15, -0.1) is 0 Å². The first kappa shape index (κ1) is 11.5. The van der Waals surface area contributed by atoms with E-state index in [-0.39, 0.29) is 5.82 Å². The van der Waals surface area contributed by atoms with Gasteiger partial charge in [0.15, 0.2) is 0 Å². The fourth-order valence-corrected chi connectivity index (χ4v) is 2.29. The smallest absolute Gasteiger partial charge is 0.123 e. The van der Waals surface area contributed by atoms with Crippen LogP contribution in [0.15, 0.2) is 54.7 Å². The van der Waals surface area contributed by atoms with Gasteiger partial charge < -0.3 is 4.57 Å². The first-order valence-electron chi connectivity index (χ1n) is 6.00. The molecule has 3 aromatic rings. The highest BCUT2D eigenvalue weighted by Gasteiger charge is 2.05. The van der Waals surface area contributed by atoms with Crippen molar-refractivity contribution in [3.63, 3.8) is 0 Å². The highest BCUT2D eigenvalue weighted by atomic mass is 19.1. The van der Waals surface area contributed by atoms with Gasteiger partial charge in [-0.3, -0.25) is 0 Å². The Labute approximate surface area is 110 Å². The number of nitriles is 1. The van der Waals surface area contributed by atoms with Crippen molar-refractivity contribution < 1.29 is 4.39 Å². The number of rotatable bonds is 2. The fraction of sp³-hybridized carbons (Fsp3) is 0.0625. The molecule has 0 atom stereocenters. The average molecular weight is 250 g/mol. The molecule has 0 bridgehead atoms. The van der Waals surface area contributed by atoms with Crippen LogP contribution in [0.2, 0.25) is 0 Å². The monoisotopic (exact) mass is 250 g/mol. The molecular formula is C16H11FN2. The van der Waals surface area contributed by atoms with Gasteiger partial charge in [0.2, 0.25) is 0 Å². The molecule has 2 aromatic carbocycles. The predicted molar refractivity (Wildman–Crippen MR) is 72.2 cm³/mol. The van der Waals surface area contributed by atoms with Crippen LogP contribution in [-0.4, -0.2) is 4.57 Å². The van der Waals surface area contributed by atoms with Crippen molar-refractivity contribution in [3.8, 4) is 6.07 Å². The van der Waals surface area contributed by atoms with Crippen LogP contribution in [0.4, 0.5) is 4.39 Å². The van der Waals surface area contributed by atoms with Gasteiger partial charge in [0.1, 0.15) is 5.82 Å². The van der Waals surface area contributed by atoms with Crippen molar-refractivity contribution in [1.82, 2.24) is 4.57 Å². The van der Waals surface area contributed by atoms with Gasteiger partial charge in [-0.2, -0.15) is 5.26 Å². The van der Waals surface area contributed by atoms with Gasteiger partial charge >= 0.3 is 0 Å². The largest absolute Gasteiger partial charge is 0.343 e. The van der Waals surface area contributed by atoms with Crippen LogP contribution < -0.4 is 0 Å². The minimum atomic E-state index is -0.230. The number of hydrogen-bond donors (Lipinski definition) is 0. The van der Waals surface area contributed by atoms with Gasteiger partial charge in [0, 0.05) is 23.6 Å². The molecule has 1 heterocycles. The van der Waals surface area contributed by atoms with E-state index < -0.39 is 0 Å². The van der Waals surface area contributed by atoms with Crippen molar-refractivity contribution in [2.45, 2.75) is 6.54 Å². The number of hydrogen-bond acceptors (Lipinski definition) is 1. The Morgan fingerprint density at radius 1 is 1.11 bits per heavy atom. The van der Waals surface area contributed by atoms with Gasteiger partial charge in [-0.05, 0) is 35.9 Å². The van der Waals surface area contributed by atoms with E-state index in [1.807, 2.05) is 35.0 Å². The van der Waals surface area contributed by atoms with Crippen LogP contribution in [0, 0.1) is 17.1 Å². The number of aromatic nitrogens is 1. The molecule has 19 heavy (non-hydrogen) atoms. The van der Waals surface area contributed by atoms with Crippen LogP contribution in [-0.2, 0) is 6.54 Å². The van der Waals surface area contributed by atoms with E-state index in [1.54, 1.807) is 12.1 Å². The number of halogens is 1. The van der Waals surface area contributed by atoms with Crippen molar-refractivity contribution in [3.05, 3.63) is 71.7 Å². The van der Waals surface area contributed by atoms with Crippen molar-refractivity contribution in [1.29, 1.82) is 5.26 Å². The van der Waals surface area contributed by atoms with Gasteiger partial charge in [0.05, 0.1) is 11.6 Å². The topological polar surface area (TPSA) is 28.7 Å². The maximum atomic E-state index is 13.2. The lowest BCUT2D eigenvalue weighted by molar-refractivity contribution is 0.624. The molecule has 0 spiro atoms. The SMILES string of the molecule is N#Cc1cccc2c1ccn2Cc1cccc(F)c1. The van der Waals surface area contributed by atoms with Crippen LogP contribution in [0.25, 0.3) is 10.9 Å². The van der Waals surface area contributed by atoms with E-state index in [4.69, 9.17) is 5.26 Å². The summed E-state index contributed by atoms with van der Waals surface area (Å²) in [7, 11) is 0. The molecule has 1 aromatic heterocycles. The van der Waals surface area contributed by atoms with Crippen molar-refractivity contribution in [2.24, 2.45) is 0 Å². The Hall–Kier alpha value is -2.60. The minimum Gasteiger partial charge on any atom is -0.343 e. The third-order valence-electron chi connectivity index (χ3n) is 3.18. The van der Waals surface area contributed by atoms with E-state index in [2.05, 4.69) is 6.07 Å². The third-order valence-corrected chi connectivity index (χ3v) is 3.18. The molecule has 3 heteroatoms. The molecule has 0 aliphatic carbocycles. The van der Waals surface area contributed by atoms with Crippen LogP contribution >= 0.6 is 0 Å². The third kappa shape index (κ3) is 2.09. The van der Waals surface area contributed by atoms with Gasteiger partial charge in [-0.25, -0.2) is 4.39 Å². The maximum absolute atomic E-state index is 13.2. The van der Waals surface area contributed by atoms with Crippen molar-refractivity contribution in [2.75, 3.05) is 0 Å². The molecule has 0 N–H and O–H groups in total. The molecule has 0 aliphatic rings. The Kier molecular flexibility index (Phi) is 2.77. The molecule has 3 rings (SSSR count). The first-order chi connectivity index (χ1) is 9.28. The van der Waals surface area contributed by atoms with Gasteiger partial charge in [0.25, 0.3) is 0 Å². The Bertz CT molecular complexity index is 781. The average Bonchev–Trinajstić information content (AvgIpc) is 2.82. The second-order valence-electron chi connectivity index (χ2n) is 4.42. The molecule has 92 valence electrons. The van der Waals surface area contributed by atoms with Crippen LogP contribution in [0.1, 0.15) is 11.1 Å². The zero-order chi connectivity index (χ0) is 13.2. The molecule has 0 saturated heterocycles. The maximum Gasteiger partial charge on any atom is 0.123 e. The number of nitrogens with zero attached hydrogens (tertiary/aromatic N) is 2. The lowest BCUT2D eigenvalue weighted by atomic mass is 10.1. The fourth-order valence-electron chi connectivity index (χ4n) is 2.29. The van der Waals surface area contributed by atoms with E-state index in [1.165, 1.54) is 12.1 Å². The number of fused-ring (bicyclic) bond motifs is 1. The summed E-state index contributed by atoms with van der Waals surface area (Å²) in [6, 6.07) is 16.3. The highest BCUT2D eigenvalue weighted by molar-refractivity contribution is 5.86. The Balaban J connectivity index is 2.05. The summed E-state index contributed by atoms with van der Waals surface area (Å²) in [5, 5.41) is 9.99. The summed E-state index contributed by atoms with van der Waals surface area (Å²) in [4.78, 5) is 0. The molecule has 0 radical (unpaired) electrons. The summed E-state index contributed by atoms with van der Waals surface area (Å²) < 4.78 is 15.2. The summed E-state index contributed by atoms with van der Waals surface area (Å²) in [6.07, 6.45) is 1.93. The van der Waals surface area contributed by atoms with E-state index in [0.717, 1.165) is 16.5 Å². The Morgan fingerprint density at radius 2 is 1.95 bits per heavy atom. The standard InChI is InChI=1S/C16H11FN2/c17-14-5-1-3-12(9-14)11-19-8-7-15-13(10-18)4-2-6-16(15)19/h1-9H,11H2. The highest BCUT2D eigenvalue weighted by Crippen LogP contribution is 2.20. The molecule has 0 fully saturated rings.